The average Bonchev–Trinajstić information content (AvgIpc) is 2.54. The summed E-state index contributed by atoms with van der Waals surface area (Å²) >= 11 is 0. The van der Waals surface area contributed by atoms with Gasteiger partial charge in [0.15, 0.2) is 0 Å². The van der Waals surface area contributed by atoms with Crippen molar-refractivity contribution in [2.45, 2.75) is 51.1 Å². The van der Waals surface area contributed by atoms with E-state index < -0.39 is 0 Å². The van der Waals surface area contributed by atoms with E-state index in [-0.39, 0.29) is 5.54 Å². The molecule has 0 saturated carbocycles. The van der Waals surface area contributed by atoms with Crippen LogP contribution in [0.4, 0.5) is 0 Å². The molecule has 3 heteroatoms. The minimum atomic E-state index is -0.288. The van der Waals surface area contributed by atoms with E-state index in [1.54, 1.807) is 7.11 Å². The summed E-state index contributed by atoms with van der Waals surface area (Å²) < 4.78 is 5.24. The molecule has 1 heterocycles. The molecular formula is C17H28N2O. The Kier molecular flexibility index (Phi) is 5.06. The van der Waals surface area contributed by atoms with Crippen LogP contribution >= 0.6 is 0 Å². The summed E-state index contributed by atoms with van der Waals surface area (Å²) in [6, 6.07) is 8.61. The highest BCUT2D eigenvalue weighted by Gasteiger charge is 2.36. The third-order valence-corrected chi connectivity index (χ3v) is 4.90. The lowest BCUT2D eigenvalue weighted by molar-refractivity contribution is 0.106. The summed E-state index contributed by atoms with van der Waals surface area (Å²) in [6.07, 6.45) is 4.89. The van der Waals surface area contributed by atoms with Crippen LogP contribution in [0.5, 0.6) is 5.75 Å². The molecular weight excluding hydrogens is 248 g/mol. The minimum absolute atomic E-state index is 0.288. The Morgan fingerprint density at radius 2 is 1.80 bits per heavy atom. The van der Waals surface area contributed by atoms with E-state index in [2.05, 4.69) is 30.9 Å². The van der Waals surface area contributed by atoms with Crippen molar-refractivity contribution >= 4 is 0 Å². The maximum Gasteiger partial charge on any atom is 0.118 e. The standard InChI is InChI=1S/C17H28N2O/c1-4-17(18,14(2)19-12-6-5-7-13-19)15-8-10-16(20-3)11-9-15/h8-11,14H,4-7,12-13,18H2,1-3H3. The minimum Gasteiger partial charge on any atom is -0.497 e. The van der Waals surface area contributed by atoms with Gasteiger partial charge < -0.3 is 10.5 Å². The van der Waals surface area contributed by atoms with E-state index in [0.29, 0.717) is 6.04 Å². The van der Waals surface area contributed by atoms with Gasteiger partial charge >= 0.3 is 0 Å². The molecule has 2 atom stereocenters. The van der Waals surface area contributed by atoms with Crippen molar-refractivity contribution in [3.8, 4) is 5.75 Å². The van der Waals surface area contributed by atoms with Gasteiger partial charge in [0.25, 0.3) is 0 Å². The number of methoxy groups -OCH3 is 1. The first-order valence-corrected chi connectivity index (χ1v) is 7.79. The molecule has 1 aromatic carbocycles. The Labute approximate surface area is 123 Å². The highest BCUT2D eigenvalue weighted by molar-refractivity contribution is 5.33. The number of piperidine rings is 1. The van der Waals surface area contributed by atoms with Crippen LogP contribution in [0.2, 0.25) is 0 Å². The van der Waals surface area contributed by atoms with Crippen molar-refractivity contribution in [3.05, 3.63) is 29.8 Å². The lowest BCUT2D eigenvalue weighted by Gasteiger charge is -2.43. The molecule has 20 heavy (non-hydrogen) atoms. The van der Waals surface area contributed by atoms with Crippen molar-refractivity contribution in [2.24, 2.45) is 5.73 Å². The van der Waals surface area contributed by atoms with Gasteiger partial charge in [-0.1, -0.05) is 25.5 Å². The largest absolute Gasteiger partial charge is 0.497 e. The van der Waals surface area contributed by atoms with Crippen molar-refractivity contribution < 1.29 is 4.74 Å². The van der Waals surface area contributed by atoms with Gasteiger partial charge in [-0.15, -0.1) is 0 Å². The lowest BCUT2D eigenvalue weighted by atomic mass is 9.80. The van der Waals surface area contributed by atoms with Gasteiger partial charge in [-0.2, -0.15) is 0 Å². The lowest BCUT2D eigenvalue weighted by Crippen LogP contribution is -2.55. The number of rotatable bonds is 5. The van der Waals surface area contributed by atoms with E-state index in [1.807, 2.05) is 12.1 Å². The molecule has 1 fully saturated rings. The molecule has 1 aliphatic rings. The molecule has 0 bridgehead atoms. The van der Waals surface area contributed by atoms with Crippen LogP contribution < -0.4 is 10.5 Å². The Balaban J connectivity index is 2.21. The number of benzene rings is 1. The van der Waals surface area contributed by atoms with E-state index >= 15 is 0 Å². The molecule has 0 aliphatic carbocycles. The molecule has 0 amide bonds. The normalized spacial score (nSPS) is 21.2. The summed E-state index contributed by atoms with van der Waals surface area (Å²) in [4.78, 5) is 2.55. The number of hydrogen-bond donors (Lipinski definition) is 1. The second kappa shape index (κ2) is 6.59. The first-order chi connectivity index (χ1) is 9.61. The number of nitrogens with two attached hydrogens (primary N) is 1. The molecule has 1 aromatic rings. The summed E-state index contributed by atoms with van der Waals surface area (Å²) in [5.41, 5.74) is 7.72. The molecule has 1 saturated heterocycles. The Hall–Kier alpha value is -1.06. The van der Waals surface area contributed by atoms with Crippen LogP contribution in [-0.2, 0) is 5.54 Å². The number of hydrogen-bond acceptors (Lipinski definition) is 3. The van der Waals surface area contributed by atoms with Gasteiger partial charge in [0.1, 0.15) is 5.75 Å². The molecule has 0 radical (unpaired) electrons. The molecule has 1 aliphatic heterocycles. The van der Waals surface area contributed by atoms with E-state index in [1.165, 1.54) is 37.9 Å². The maximum atomic E-state index is 6.80. The van der Waals surface area contributed by atoms with Crippen LogP contribution in [0.3, 0.4) is 0 Å². The third kappa shape index (κ3) is 2.99. The van der Waals surface area contributed by atoms with Gasteiger partial charge in [-0.25, -0.2) is 0 Å². The van der Waals surface area contributed by atoms with E-state index in [9.17, 15) is 0 Å². The molecule has 112 valence electrons. The SMILES string of the molecule is CCC(N)(c1ccc(OC)cc1)C(C)N1CCCCC1. The fraction of sp³-hybridized carbons (Fsp3) is 0.647. The quantitative estimate of drug-likeness (QED) is 0.898. The van der Waals surface area contributed by atoms with Crippen molar-refractivity contribution in [1.29, 1.82) is 0 Å². The molecule has 2 unspecified atom stereocenters. The number of likely N-dealkylation sites (tertiary alicyclic amines) is 1. The molecule has 0 aromatic heterocycles. The van der Waals surface area contributed by atoms with Crippen molar-refractivity contribution in [3.63, 3.8) is 0 Å². The van der Waals surface area contributed by atoms with Gasteiger partial charge in [-0.3, -0.25) is 4.90 Å². The van der Waals surface area contributed by atoms with Crippen LogP contribution in [0.25, 0.3) is 0 Å². The molecule has 2 N–H and O–H groups in total. The molecule has 3 nitrogen and oxygen atoms in total. The Morgan fingerprint density at radius 3 is 2.30 bits per heavy atom. The first-order valence-electron chi connectivity index (χ1n) is 7.79. The van der Waals surface area contributed by atoms with Crippen LogP contribution in [-0.4, -0.2) is 31.1 Å². The fourth-order valence-corrected chi connectivity index (χ4v) is 3.27. The van der Waals surface area contributed by atoms with Crippen LogP contribution in [0.15, 0.2) is 24.3 Å². The summed E-state index contributed by atoms with van der Waals surface area (Å²) in [6.45, 7) is 6.82. The van der Waals surface area contributed by atoms with Gasteiger partial charge in [0, 0.05) is 6.04 Å². The van der Waals surface area contributed by atoms with E-state index in [0.717, 1.165) is 12.2 Å². The smallest absolute Gasteiger partial charge is 0.118 e. The maximum absolute atomic E-state index is 6.80. The Bertz CT molecular complexity index is 412. The van der Waals surface area contributed by atoms with Crippen molar-refractivity contribution in [2.75, 3.05) is 20.2 Å². The topological polar surface area (TPSA) is 38.5 Å². The zero-order valence-corrected chi connectivity index (χ0v) is 13.1. The average molecular weight is 276 g/mol. The fourth-order valence-electron chi connectivity index (χ4n) is 3.27. The van der Waals surface area contributed by atoms with Gasteiger partial charge in [0.05, 0.1) is 12.6 Å². The molecule has 0 spiro atoms. The highest BCUT2D eigenvalue weighted by atomic mass is 16.5. The van der Waals surface area contributed by atoms with Gasteiger partial charge in [-0.05, 0) is 57.0 Å². The van der Waals surface area contributed by atoms with E-state index in [4.69, 9.17) is 10.5 Å². The predicted molar refractivity (Wildman–Crippen MR) is 84.0 cm³/mol. The zero-order valence-electron chi connectivity index (χ0n) is 13.1. The predicted octanol–water partition coefficient (Wildman–Crippen LogP) is 3.13. The first kappa shape index (κ1) is 15.3. The van der Waals surface area contributed by atoms with Crippen LogP contribution in [0, 0.1) is 0 Å². The number of ether oxygens (including phenoxy) is 1. The van der Waals surface area contributed by atoms with Crippen molar-refractivity contribution in [1.82, 2.24) is 4.90 Å². The monoisotopic (exact) mass is 276 g/mol. The highest BCUT2D eigenvalue weighted by Crippen LogP contribution is 2.31. The second-order valence-electron chi connectivity index (χ2n) is 5.90. The van der Waals surface area contributed by atoms with Gasteiger partial charge in [0.2, 0.25) is 0 Å². The summed E-state index contributed by atoms with van der Waals surface area (Å²) in [5.74, 6) is 0.887. The molecule has 2 rings (SSSR count). The van der Waals surface area contributed by atoms with Crippen LogP contribution in [0.1, 0.15) is 45.1 Å². The third-order valence-electron chi connectivity index (χ3n) is 4.90. The summed E-state index contributed by atoms with van der Waals surface area (Å²) in [5, 5.41) is 0. The second-order valence-corrected chi connectivity index (χ2v) is 5.90. The Morgan fingerprint density at radius 1 is 1.20 bits per heavy atom. The zero-order chi connectivity index (χ0) is 14.6. The number of nitrogens with zero attached hydrogens (tertiary/aromatic N) is 1. The summed E-state index contributed by atoms with van der Waals surface area (Å²) in [7, 11) is 1.70.